The summed E-state index contributed by atoms with van der Waals surface area (Å²) in [4.78, 5) is 0. The van der Waals surface area contributed by atoms with E-state index in [4.69, 9.17) is 0 Å². The molecule has 0 spiro atoms. The van der Waals surface area contributed by atoms with Gasteiger partial charge in [-0.05, 0) is 12.0 Å². The van der Waals surface area contributed by atoms with Gasteiger partial charge in [-0.3, -0.25) is 4.68 Å². The molecule has 0 bridgehead atoms. The van der Waals surface area contributed by atoms with Crippen LogP contribution in [-0.2, 0) is 18.3 Å². The minimum absolute atomic E-state index is 0.864. The second-order valence-corrected chi connectivity index (χ2v) is 4.70. The van der Waals surface area contributed by atoms with Gasteiger partial charge in [0.15, 0.2) is 0 Å². The smallest absolute Gasteiger partial charge is 0.0662 e. The lowest BCUT2D eigenvalue weighted by atomic mass is 10.1. The van der Waals surface area contributed by atoms with E-state index in [9.17, 15) is 0 Å². The van der Waals surface area contributed by atoms with Crippen LogP contribution in [0.2, 0.25) is 0 Å². The Morgan fingerprint density at radius 3 is 2.65 bits per heavy atom. The maximum atomic E-state index is 4.49. The zero-order chi connectivity index (χ0) is 12.1. The molecule has 0 aliphatic heterocycles. The van der Waals surface area contributed by atoms with Crippen molar-refractivity contribution in [2.45, 2.75) is 31.6 Å². The van der Waals surface area contributed by atoms with Gasteiger partial charge in [0.1, 0.15) is 0 Å². The first-order chi connectivity index (χ1) is 8.35. The van der Waals surface area contributed by atoms with Crippen LogP contribution >= 0.6 is 15.9 Å². The molecule has 0 aliphatic rings. The predicted molar refractivity (Wildman–Crippen MR) is 74.4 cm³/mol. The lowest BCUT2D eigenvalue weighted by Gasteiger charge is -2.08. The van der Waals surface area contributed by atoms with E-state index in [1.54, 1.807) is 0 Å². The fourth-order valence-electron chi connectivity index (χ4n) is 1.98. The zero-order valence-corrected chi connectivity index (χ0v) is 11.7. The van der Waals surface area contributed by atoms with Gasteiger partial charge in [-0.25, -0.2) is 0 Å². The number of alkyl halides is 1. The maximum Gasteiger partial charge on any atom is 0.0662 e. The standard InChI is InChI=1S/C14H17BrN2/c1-2-6-14-13(9-15)10-16-17(14)11-12-7-4-3-5-8-12/h3-5,7-8,10H,2,6,9,11H2,1H3. The highest BCUT2D eigenvalue weighted by molar-refractivity contribution is 9.08. The summed E-state index contributed by atoms with van der Waals surface area (Å²) < 4.78 is 2.12. The SMILES string of the molecule is CCCc1c(CBr)cnn1Cc1ccccc1. The van der Waals surface area contributed by atoms with Gasteiger partial charge in [0.05, 0.1) is 12.7 Å². The third-order valence-corrected chi connectivity index (χ3v) is 3.45. The van der Waals surface area contributed by atoms with Crippen LogP contribution in [0, 0.1) is 0 Å². The van der Waals surface area contributed by atoms with Crippen molar-refractivity contribution in [2.24, 2.45) is 0 Å². The van der Waals surface area contributed by atoms with Crippen LogP contribution in [0.5, 0.6) is 0 Å². The Labute approximate surface area is 111 Å². The van der Waals surface area contributed by atoms with Crippen LogP contribution in [0.1, 0.15) is 30.2 Å². The van der Waals surface area contributed by atoms with E-state index in [2.05, 4.69) is 56.9 Å². The normalized spacial score (nSPS) is 10.7. The highest BCUT2D eigenvalue weighted by atomic mass is 79.9. The van der Waals surface area contributed by atoms with E-state index >= 15 is 0 Å². The maximum absolute atomic E-state index is 4.49. The molecule has 0 aliphatic carbocycles. The molecule has 1 aromatic carbocycles. The summed E-state index contributed by atoms with van der Waals surface area (Å²) in [7, 11) is 0. The Hall–Kier alpha value is -1.09. The molecular formula is C14H17BrN2. The molecule has 0 radical (unpaired) electrons. The van der Waals surface area contributed by atoms with E-state index in [1.807, 2.05) is 12.3 Å². The molecule has 0 saturated heterocycles. The number of nitrogens with zero attached hydrogens (tertiary/aromatic N) is 2. The number of halogens is 1. The zero-order valence-electron chi connectivity index (χ0n) is 10.1. The fraction of sp³-hybridized carbons (Fsp3) is 0.357. The van der Waals surface area contributed by atoms with Crippen LogP contribution in [0.25, 0.3) is 0 Å². The summed E-state index contributed by atoms with van der Waals surface area (Å²) in [6.45, 7) is 3.07. The second-order valence-electron chi connectivity index (χ2n) is 4.14. The third kappa shape index (κ3) is 2.97. The monoisotopic (exact) mass is 292 g/mol. The van der Waals surface area contributed by atoms with Crippen molar-refractivity contribution in [2.75, 3.05) is 0 Å². The first-order valence-electron chi connectivity index (χ1n) is 5.98. The predicted octanol–water partition coefficient (Wildman–Crippen LogP) is 3.78. The van der Waals surface area contributed by atoms with E-state index in [1.165, 1.54) is 16.8 Å². The Kier molecular flexibility index (Phi) is 4.37. The summed E-state index contributed by atoms with van der Waals surface area (Å²) in [5, 5.41) is 5.37. The summed E-state index contributed by atoms with van der Waals surface area (Å²) in [6.07, 6.45) is 4.22. The van der Waals surface area contributed by atoms with E-state index in [0.29, 0.717) is 0 Å². The van der Waals surface area contributed by atoms with Crippen LogP contribution < -0.4 is 0 Å². The van der Waals surface area contributed by atoms with Crippen molar-refractivity contribution < 1.29 is 0 Å². The number of hydrogen-bond donors (Lipinski definition) is 0. The first-order valence-corrected chi connectivity index (χ1v) is 7.10. The Morgan fingerprint density at radius 1 is 1.24 bits per heavy atom. The molecular weight excluding hydrogens is 276 g/mol. The summed E-state index contributed by atoms with van der Waals surface area (Å²) in [5.41, 5.74) is 3.96. The van der Waals surface area contributed by atoms with Gasteiger partial charge >= 0.3 is 0 Å². The van der Waals surface area contributed by atoms with Crippen LogP contribution in [-0.4, -0.2) is 9.78 Å². The molecule has 0 saturated carbocycles. The molecule has 0 atom stereocenters. The Bertz CT molecular complexity index is 462. The van der Waals surface area contributed by atoms with Crippen molar-refractivity contribution in [3.05, 3.63) is 53.3 Å². The minimum atomic E-state index is 0.864. The summed E-state index contributed by atoms with van der Waals surface area (Å²) in [6, 6.07) is 10.5. The van der Waals surface area contributed by atoms with Crippen LogP contribution in [0.15, 0.2) is 36.5 Å². The topological polar surface area (TPSA) is 17.8 Å². The van der Waals surface area contributed by atoms with E-state index in [0.717, 1.165) is 24.7 Å². The summed E-state index contributed by atoms with van der Waals surface area (Å²) in [5.74, 6) is 0. The number of hydrogen-bond acceptors (Lipinski definition) is 1. The highest BCUT2D eigenvalue weighted by Crippen LogP contribution is 2.16. The molecule has 0 N–H and O–H groups in total. The molecule has 1 heterocycles. The largest absolute Gasteiger partial charge is 0.265 e. The van der Waals surface area contributed by atoms with E-state index < -0.39 is 0 Å². The molecule has 2 aromatic rings. The molecule has 0 amide bonds. The molecule has 2 rings (SSSR count). The van der Waals surface area contributed by atoms with Crippen molar-refractivity contribution >= 4 is 15.9 Å². The number of benzene rings is 1. The molecule has 17 heavy (non-hydrogen) atoms. The quantitative estimate of drug-likeness (QED) is 0.767. The van der Waals surface area contributed by atoms with Gasteiger partial charge in [0, 0.05) is 16.6 Å². The van der Waals surface area contributed by atoms with Crippen molar-refractivity contribution in [1.29, 1.82) is 0 Å². The number of aromatic nitrogens is 2. The fourth-order valence-corrected chi connectivity index (χ4v) is 2.45. The van der Waals surface area contributed by atoms with Crippen molar-refractivity contribution in [3.8, 4) is 0 Å². The van der Waals surface area contributed by atoms with Gasteiger partial charge in [-0.15, -0.1) is 0 Å². The lowest BCUT2D eigenvalue weighted by molar-refractivity contribution is 0.636. The van der Waals surface area contributed by atoms with Crippen molar-refractivity contribution in [1.82, 2.24) is 9.78 Å². The minimum Gasteiger partial charge on any atom is -0.265 e. The molecule has 90 valence electrons. The van der Waals surface area contributed by atoms with Gasteiger partial charge in [0.25, 0.3) is 0 Å². The Morgan fingerprint density at radius 2 is 2.00 bits per heavy atom. The van der Waals surface area contributed by atoms with E-state index in [-0.39, 0.29) is 0 Å². The molecule has 0 fully saturated rings. The molecule has 1 aromatic heterocycles. The Balaban J connectivity index is 2.23. The van der Waals surface area contributed by atoms with Crippen molar-refractivity contribution in [3.63, 3.8) is 0 Å². The first kappa shape index (κ1) is 12.4. The van der Waals surface area contributed by atoms with Crippen LogP contribution in [0.4, 0.5) is 0 Å². The average molecular weight is 293 g/mol. The van der Waals surface area contributed by atoms with Gasteiger partial charge in [-0.1, -0.05) is 59.6 Å². The van der Waals surface area contributed by atoms with Gasteiger partial charge in [-0.2, -0.15) is 5.10 Å². The lowest BCUT2D eigenvalue weighted by Crippen LogP contribution is -2.07. The van der Waals surface area contributed by atoms with Gasteiger partial charge in [0.2, 0.25) is 0 Å². The molecule has 0 unspecified atom stereocenters. The van der Waals surface area contributed by atoms with Gasteiger partial charge < -0.3 is 0 Å². The average Bonchev–Trinajstić information content (AvgIpc) is 2.74. The molecule has 3 heteroatoms. The van der Waals surface area contributed by atoms with Crippen LogP contribution in [0.3, 0.4) is 0 Å². The second kappa shape index (κ2) is 6.01. The third-order valence-electron chi connectivity index (χ3n) is 2.84. The highest BCUT2D eigenvalue weighted by Gasteiger charge is 2.09. The molecule has 2 nitrogen and oxygen atoms in total. The number of rotatable bonds is 5. The summed E-state index contributed by atoms with van der Waals surface area (Å²) >= 11 is 3.52.